The fourth-order valence-corrected chi connectivity index (χ4v) is 2.01. The summed E-state index contributed by atoms with van der Waals surface area (Å²) >= 11 is 5.88. The molecule has 0 aliphatic carbocycles. The Balaban J connectivity index is 2.21. The maximum atomic E-state index is 9.18. The molecule has 0 N–H and O–H groups in total. The highest BCUT2D eigenvalue weighted by Crippen LogP contribution is 2.24. The lowest BCUT2D eigenvalue weighted by atomic mass is 10.1. The van der Waals surface area contributed by atoms with Crippen LogP contribution in [0.4, 0.5) is 0 Å². The van der Waals surface area contributed by atoms with E-state index in [-0.39, 0.29) is 5.69 Å². The van der Waals surface area contributed by atoms with E-state index in [4.69, 9.17) is 11.6 Å². The fourth-order valence-electron chi connectivity index (χ4n) is 1.88. The first-order chi connectivity index (χ1) is 9.79. The molecule has 2 heterocycles. The first kappa shape index (κ1) is 12.3. The van der Waals surface area contributed by atoms with Crippen LogP contribution in [0.5, 0.6) is 0 Å². The van der Waals surface area contributed by atoms with Crippen LogP contribution in [0.1, 0.15) is 5.69 Å². The molecule has 0 fully saturated rings. The van der Waals surface area contributed by atoms with Gasteiger partial charge in [0.15, 0.2) is 5.69 Å². The predicted molar refractivity (Wildman–Crippen MR) is 74.3 cm³/mol. The second-order valence-corrected chi connectivity index (χ2v) is 4.46. The van der Waals surface area contributed by atoms with Crippen LogP contribution in [0.2, 0.25) is 5.02 Å². The summed E-state index contributed by atoms with van der Waals surface area (Å²) < 4.78 is 1.60. The van der Waals surface area contributed by atoms with E-state index in [2.05, 4.69) is 15.3 Å². The molecule has 0 unspecified atom stereocenters. The molecule has 0 amide bonds. The summed E-state index contributed by atoms with van der Waals surface area (Å²) in [5.74, 6) is 0. The maximum absolute atomic E-state index is 9.18. The van der Waals surface area contributed by atoms with Crippen LogP contribution in [-0.4, -0.2) is 20.0 Å². The molecule has 96 valence electrons. The third-order valence-electron chi connectivity index (χ3n) is 2.78. The van der Waals surface area contributed by atoms with Gasteiger partial charge in [-0.05, 0) is 36.4 Å². The largest absolute Gasteiger partial charge is 0.264 e. The first-order valence-electron chi connectivity index (χ1n) is 5.82. The minimum Gasteiger partial charge on any atom is -0.264 e. The number of pyridine rings is 1. The minimum atomic E-state index is 0.257. The summed E-state index contributed by atoms with van der Waals surface area (Å²) in [5.41, 5.74) is 2.43. The van der Waals surface area contributed by atoms with Crippen LogP contribution < -0.4 is 0 Å². The zero-order chi connectivity index (χ0) is 13.9. The Morgan fingerprint density at radius 1 is 1.15 bits per heavy atom. The van der Waals surface area contributed by atoms with Gasteiger partial charge in [0.25, 0.3) is 0 Å². The smallest absolute Gasteiger partial charge is 0.191 e. The fraction of sp³-hybridized carbons (Fsp3) is 0. The van der Waals surface area contributed by atoms with Crippen LogP contribution in [0, 0.1) is 11.3 Å². The van der Waals surface area contributed by atoms with Crippen molar-refractivity contribution < 1.29 is 0 Å². The minimum absolute atomic E-state index is 0.257. The summed E-state index contributed by atoms with van der Waals surface area (Å²) in [6.07, 6.45) is 3.35. The van der Waals surface area contributed by atoms with Crippen LogP contribution in [-0.2, 0) is 0 Å². The molecule has 0 spiro atoms. The molecule has 0 atom stereocenters. The van der Waals surface area contributed by atoms with E-state index in [9.17, 15) is 5.26 Å². The molecule has 1 aromatic carbocycles. The van der Waals surface area contributed by atoms with Gasteiger partial charge in [-0.3, -0.25) is 4.98 Å². The van der Waals surface area contributed by atoms with Crippen molar-refractivity contribution in [3.8, 4) is 23.0 Å². The summed E-state index contributed by atoms with van der Waals surface area (Å²) in [6, 6.07) is 12.9. The molecule has 0 saturated heterocycles. The van der Waals surface area contributed by atoms with Gasteiger partial charge in [-0.2, -0.15) is 5.26 Å². The van der Waals surface area contributed by atoms with Crippen LogP contribution in [0.25, 0.3) is 16.9 Å². The topological polar surface area (TPSA) is 67.4 Å². The Hall–Kier alpha value is -2.71. The lowest BCUT2D eigenvalue weighted by Crippen LogP contribution is -1.99. The van der Waals surface area contributed by atoms with Crippen molar-refractivity contribution in [2.75, 3.05) is 0 Å². The average molecular weight is 282 g/mol. The van der Waals surface area contributed by atoms with Gasteiger partial charge in [0, 0.05) is 23.0 Å². The molecule has 6 heteroatoms. The number of benzene rings is 1. The van der Waals surface area contributed by atoms with Crippen LogP contribution in [0.15, 0.2) is 48.8 Å². The van der Waals surface area contributed by atoms with Crippen molar-refractivity contribution in [3.63, 3.8) is 0 Å². The Morgan fingerprint density at radius 3 is 2.60 bits per heavy atom. The zero-order valence-corrected chi connectivity index (χ0v) is 11.0. The SMILES string of the molecule is N#Cc1nnn(-c2ccc(Cl)cc2)c1-c1cccnc1. The molecule has 3 aromatic rings. The highest BCUT2D eigenvalue weighted by atomic mass is 35.5. The van der Waals surface area contributed by atoms with Crippen LogP contribution >= 0.6 is 11.6 Å². The van der Waals surface area contributed by atoms with Crippen molar-refractivity contribution in [2.24, 2.45) is 0 Å². The summed E-state index contributed by atoms with van der Waals surface area (Å²) in [7, 11) is 0. The zero-order valence-electron chi connectivity index (χ0n) is 10.2. The Kier molecular flexibility index (Phi) is 3.15. The predicted octanol–water partition coefficient (Wildman–Crippen LogP) is 2.85. The molecule has 2 aromatic heterocycles. The molecule has 0 radical (unpaired) electrons. The third kappa shape index (κ3) is 2.13. The summed E-state index contributed by atoms with van der Waals surface area (Å²) in [6.45, 7) is 0. The number of hydrogen-bond acceptors (Lipinski definition) is 4. The average Bonchev–Trinajstić information content (AvgIpc) is 2.93. The van der Waals surface area contributed by atoms with Crippen molar-refractivity contribution in [1.29, 1.82) is 5.26 Å². The van der Waals surface area contributed by atoms with Gasteiger partial charge in [0.05, 0.1) is 5.69 Å². The lowest BCUT2D eigenvalue weighted by Gasteiger charge is -2.06. The monoisotopic (exact) mass is 281 g/mol. The van der Waals surface area contributed by atoms with E-state index >= 15 is 0 Å². The van der Waals surface area contributed by atoms with Gasteiger partial charge in [-0.25, -0.2) is 4.68 Å². The number of aromatic nitrogens is 4. The highest BCUT2D eigenvalue weighted by molar-refractivity contribution is 6.30. The normalized spacial score (nSPS) is 10.2. The molecule has 20 heavy (non-hydrogen) atoms. The summed E-state index contributed by atoms with van der Waals surface area (Å²) in [4.78, 5) is 4.07. The van der Waals surface area contributed by atoms with Crippen LogP contribution in [0.3, 0.4) is 0 Å². The van der Waals surface area contributed by atoms with Crippen molar-refractivity contribution in [2.45, 2.75) is 0 Å². The van der Waals surface area contributed by atoms with E-state index in [0.717, 1.165) is 11.3 Å². The number of nitrogens with zero attached hydrogens (tertiary/aromatic N) is 5. The van der Waals surface area contributed by atoms with Gasteiger partial charge in [-0.1, -0.05) is 16.8 Å². The molecule has 0 aliphatic rings. The molecule has 5 nitrogen and oxygen atoms in total. The number of rotatable bonds is 2. The highest BCUT2D eigenvalue weighted by Gasteiger charge is 2.16. The number of nitriles is 1. The summed E-state index contributed by atoms with van der Waals surface area (Å²) in [5, 5.41) is 17.8. The standard InChI is InChI=1S/C14H8ClN5/c15-11-3-5-12(6-4-11)20-14(13(8-16)18-19-20)10-2-1-7-17-9-10/h1-7,9H. The van der Waals surface area contributed by atoms with E-state index in [1.54, 1.807) is 35.3 Å². The molecular formula is C14H8ClN5. The Bertz CT molecular complexity index is 772. The maximum Gasteiger partial charge on any atom is 0.191 e. The second kappa shape index (κ2) is 5.11. The van der Waals surface area contributed by atoms with Gasteiger partial charge < -0.3 is 0 Å². The van der Waals surface area contributed by atoms with Gasteiger partial charge >= 0.3 is 0 Å². The Morgan fingerprint density at radius 2 is 1.95 bits per heavy atom. The molecule has 0 bridgehead atoms. The lowest BCUT2D eigenvalue weighted by molar-refractivity contribution is 0.806. The third-order valence-corrected chi connectivity index (χ3v) is 3.03. The quantitative estimate of drug-likeness (QED) is 0.724. The van der Waals surface area contributed by atoms with Gasteiger partial charge in [0.2, 0.25) is 0 Å². The van der Waals surface area contributed by atoms with Gasteiger partial charge in [-0.15, -0.1) is 5.10 Å². The van der Waals surface area contributed by atoms with E-state index in [1.807, 2.05) is 24.3 Å². The van der Waals surface area contributed by atoms with Crippen molar-refractivity contribution >= 4 is 11.6 Å². The molecule has 3 rings (SSSR count). The van der Waals surface area contributed by atoms with E-state index in [0.29, 0.717) is 10.7 Å². The van der Waals surface area contributed by atoms with E-state index in [1.165, 1.54) is 0 Å². The van der Waals surface area contributed by atoms with Crippen molar-refractivity contribution in [3.05, 3.63) is 59.5 Å². The Labute approximate surface area is 120 Å². The van der Waals surface area contributed by atoms with E-state index < -0.39 is 0 Å². The molecule has 0 aliphatic heterocycles. The van der Waals surface area contributed by atoms with Gasteiger partial charge in [0.1, 0.15) is 11.8 Å². The molecular weight excluding hydrogens is 274 g/mol. The molecule has 0 saturated carbocycles. The number of hydrogen-bond donors (Lipinski definition) is 0. The number of halogens is 1. The second-order valence-electron chi connectivity index (χ2n) is 4.03. The first-order valence-corrected chi connectivity index (χ1v) is 6.19. The van der Waals surface area contributed by atoms with Crippen molar-refractivity contribution in [1.82, 2.24) is 20.0 Å².